The quantitative estimate of drug-likeness (QED) is 0.156. The molecule has 2 aromatic rings. The van der Waals surface area contributed by atoms with Gasteiger partial charge in [0, 0.05) is 0 Å². The number of aryl methyl sites for hydroxylation is 1. The first kappa shape index (κ1) is 26.0. The molecule has 0 fully saturated rings. The van der Waals surface area contributed by atoms with Crippen LogP contribution in [-0.2, 0) is 12.4 Å². The number of imidazole rings is 1. The lowest BCUT2D eigenvalue weighted by Gasteiger charge is -2.06. The zero-order valence-electron chi connectivity index (χ0n) is 20.4. The number of hydrogen-bond donors (Lipinski definition) is 0. The van der Waals surface area contributed by atoms with Crippen LogP contribution in [0.4, 0.5) is 0 Å². The lowest BCUT2D eigenvalue weighted by atomic mass is 10.1. The summed E-state index contributed by atoms with van der Waals surface area (Å²) in [7, 11) is 0. The molecule has 2 rings (SSSR count). The minimum Gasteiger partial charge on any atom is -0.230 e. The summed E-state index contributed by atoms with van der Waals surface area (Å²) < 4.78 is 4.92. The highest BCUT2D eigenvalue weighted by Crippen LogP contribution is 2.19. The average molecular weight is 444 g/mol. The Labute approximate surface area is 196 Å². The Balaban J connectivity index is 1.69. The molecule has 3 heteroatoms. The van der Waals surface area contributed by atoms with E-state index in [9.17, 15) is 0 Å². The molecule has 0 atom stereocenters. The van der Waals surface area contributed by atoms with E-state index in [0.717, 1.165) is 12.4 Å². The highest BCUT2D eigenvalue weighted by Gasteiger charge is 2.18. The van der Waals surface area contributed by atoms with Gasteiger partial charge in [-0.2, -0.15) is 0 Å². The number of hydrogen-bond acceptors (Lipinski definition) is 1. The first-order valence-electron chi connectivity index (χ1n) is 13.1. The van der Waals surface area contributed by atoms with Crippen LogP contribution in [0.25, 0.3) is 11.4 Å². The number of benzene rings is 1. The van der Waals surface area contributed by atoms with E-state index in [1.54, 1.807) is 0 Å². The third-order valence-electron chi connectivity index (χ3n) is 6.13. The van der Waals surface area contributed by atoms with Crippen LogP contribution in [0.1, 0.15) is 104 Å². The van der Waals surface area contributed by atoms with E-state index in [4.69, 9.17) is 0 Å². The molecule has 0 amide bonds. The van der Waals surface area contributed by atoms with Crippen LogP contribution in [0.15, 0.2) is 42.7 Å². The lowest BCUT2D eigenvalue weighted by molar-refractivity contribution is -0.664. The molecular formula is C28H47N2S+. The van der Waals surface area contributed by atoms with Crippen molar-refractivity contribution in [2.24, 2.45) is 0 Å². The van der Waals surface area contributed by atoms with Crippen molar-refractivity contribution >= 4 is 11.8 Å². The second-order valence-electron chi connectivity index (χ2n) is 8.93. The van der Waals surface area contributed by atoms with Gasteiger partial charge in [-0.05, 0) is 37.1 Å². The van der Waals surface area contributed by atoms with E-state index >= 15 is 0 Å². The zero-order valence-corrected chi connectivity index (χ0v) is 21.2. The Hall–Kier alpha value is -1.22. The van der Waals surface area contributed by atoms with Crippen molar-refractivity contribution in [3.8, 4) is 11.4 Å². The van der Waals surface area contributed by atoms with Gasteiger partial charge in [0.25, 0.3) is 5.82 Å². The van der Waals surface area contributed by atoms with E-state index in [1.807, 2.05) is 0 Å². The first-order chi connectivity index (χ1) is 15.4. The molecule has 0 aliphatic rings. The molecule has 0 saturated carbocycles. The molecule has 174 valence electrons. The molecule has 0 N–H and O–H groups in total. The molecule has 1 aromatic heterocycles. The molecule has 0 bridgehead atoms. The number of unbranched alkanes of at least 4 members (excludes halogenated alkanes) is 12. The highest BCUT2D eigenvalue weighted by molar-refractivity contribution is 7.98. The fraction of sp³-hybridized carbons (Fsp3) is 0.679. The molecule has 0 saturated heterocycles. The minimum atomic E-state index is 1.06. The molecule has 0 radical (unpaired) electrons. The summed E-state index contributed by atoms with van der Waals surface area (Å²) in [5.41, 5.74) is 1.34. The fourth-order valence-corrected chi connectivity index (χ4v) is 5.18. The van der Waals surface area contributed by atoms with Gasteiger partial charge in [0.15, 0.2) is 0 Å². The number of rotatable bonds is 19. The fourth-order valence-electron chi connectivity index (χ4n) is 4.23. The Morgan fingerprint density at radius 1 is 0.710 bits per heavy atom. The monoisotopic (exact) mass is 443 g/mol. The van der Waals surface area contributed by atoms with Gasteiger partial charge >= 0.3 is 0 Å². The average Bonchev–Trinajstić information content (AvgIpc) is 3.20. The third-order valence-corrected chi connectivity index (χ3v) is 7.17. The smallest absolute Gasteiger partial charge is 0.230 e. The summed E-state index contributed by atoms with van der Waals surface area (Å²) in [5.74, 6) is 3.70. The number of aromatic nitrogens is 2. The van der Waals surface area contributed by atoms with E-state index in [0.29, 0.717) is 0 Å². The molecule has 0 spiro atoms. The summed E-state index contributed by atoms with van der Waals surface area (Å²) in [6, 6.07) is 10.9. The van der Waals surface area contributed by atoms with Crippen LogP contribution in [0.3, 0.4) is 0 Å². The van der Waals surface area contributed by atoms with Crippen molar-refractivity contribution in [2.75, 3.05) is 5.75 Å². The van der Waals surface area contributed by atoms with Gasteiger partial charge in [0.1, 0.15) is 18.3 Å². The van der Waals surface area contributed by atoms with E-state index < -0.39 is 0 Å². The van der Waals surface area contributed by atoms with Crippen LogP contribution < -0.4 is 4.57 Å². The van der Waals surface area contributed by atoms with Gasteiger partial charge < -0.3 is 0 Å². The van der Waals surface area contributed by atoms with Crippen molar-refractivity contribution in [2.45, 2.75) is 116 Å². The van der Waals surface area contributed by atoms with Gasteiger partial charge in [0.05, 0.1) is 12.1 Å². The third kappa shape index (κ3) is 10.8. The molecule has 0 unspecified atom stereocenters. The molecule has 0 aliphatic carbocycles. The number of nitrogens with zero attached hydrogens (tertiary/aromatic N) is 2. The van der Waals surface area contributed by atoms with Gasteiger partial charge in [-0.1, -0.05) is 103 Å². The van der Waals surface area contributed by atoms with Crippen molar-refractivity contribution in [1.82, 2.24) is 4.57 Å². The molecule has 1 aromatic carbocycles. The predicted octanol–water partition coefficient (Wildman–Crippen LogP) is 8.63. The topological polar surface area (TPSA) is 8.81 Å². The van der Waals surface area contributed by atoms with Gasteiger partial charge in [-0.25, -0.2) is 9.13 Å². The summed E-state index contributed by atoms with van der Waals surface area (Å²) in [5, 5.41) is 0. The van der Waals surface area contributed by atoms with Crippen LogP contribution in [0.5, 0.6) is 0 Å². The standard InChI is InChI=1S/C28H47N2S/c1-3-5-7-9-10-11-12-13-14-19-25-31-26-30-24-23-29(22-18-8-6-4-2)28(30)27-20-16-15-17-21-27/h15-17,20-21,23-24H,3-14,18-19,22,25-26H2,1-2H3/q+1. The Bertz CT molecular complexity index is 665. The normalized spacial score (nSPS) is 11.3. The summed E-state index contributed by atoms with van der Waals surface area (Å²) in [6.45, 7) is 5.70. The van der Waals surface area contributed by atoms with E-state index in [2.05, 4.69) is 77.5 Å². The maximum Gasteiger partial charge on any atom is 0.289 e. The maximum absolute atomic E-state index is 2.46. The van der Waals surface area contributed by atoms with Crippen molar-refractivity contribution < 1.29 is 4.57 Å². The molecule has 31 heavy (non-hydrogen) atoms. The highest BCUT2D eigenvalue weighted by atomic mass is 32.2. The minimum absolute atomic E-state index is 1.06. The molecule has 2 nitrogen and oxygen atoms in total. The van der Waals surface area contributed by atoms with E-state index in [1.165, 1.54) is 107 Å². The molecule has 0 aliphatic heterocycles. The van der Waals surface area contributed by atoms with Crippen molar-refractivity contribution in [1.29, 1.82) is 0 Å². The van der Waals surface area contributed by atoms with Crippen molar-refractivity contribution in [3.05, 3.63) is 42.7 Å². The van der Waals surface area contributed by atoms with Crippen LogP contribution in [-0.4, -0.2) is 10.3 Å². The second-order valence-corrected chi connectivity index (χ2v) is 10.0. The summed E-state index contributed by atoms with van der Waals surface area (Å²) in [4.78, 5) is 0. The van der Waals surface area contributed by atoms with Crippen molar-refractivity contribution in [3.63, 3.8) is 0 Å². The SMILES string of the molecule is CCCCCCCCCCCCSC[n+]1ccn(CCCCCC)c1-c1ccccc1. The van der Waals surface area contributed by atoms with E-state index in [-0.39, 0.29) is 0 Å². The second kappa shape index (κ2) is 17.3. The first-order valence-corrected chi connectivity index (χ1v) is 14.2. The van der Waals surface area contributed by atoms with Gasteiger partial charge in [-0.3, -0.25) is 0 Å². The van der Waals surface area contributed by atoms with Gasteiger partial charge in [-0.15, -0.1) is 11.8 Å². The van der Waals surface area contributed by atoms with Gasteiger partial charge in [0.2, 0.25) is 0 Å². The lowest BCUT2D eigenvalue weighted by Crippen LogP contribution is -2.33. The summed E-state index contributed by atoms with van der Waals surface area (Å²) >= 11 is 2.09. The summed E-state index contributed by atoms with van der Waals surface area (Å²) in [6.07, 6.45) is 24.0. The zero-order chi connectivity index (χ0) is 22.0. The van der Waals surface area contributed by atoms with Crippen LogP contribution in [0.2, 0.25) is 0 Å². The number of thioether (sulfide) groups is 1. The Morgan fingerprint density at radius 2 is 1.29 bits per heavy atom. The van der Waals surface area contributed by atoms with Crippen LogP contribution in [0, 0.1) is 0 Å². The van der Waals surface area contributed by atoms with Crippen LogP contribution >= 0.6 is 11.8 Å². The Kier molecular flexibility index (Phi) is 14.6. The largest absolute Gasteiger partial charge is 0.289 e. The maximum atomic E-state index is 2.46. The molecule has 1 heterocycles. The predicted molar refractivity (Wildman–Crippen MR) is 139 cm³/mol. The molecular weight excluding hydrogens is 396 g/mol. The Morgan fingerprint density at radius 3 is 1.94 bits per heavy atom.